The minimum absolute atomic E-state index is 0.00320. The first-order chi connectivity index (χ1) is 14.3. The minimum atomic E-state index is -0.650. The lowest BCUT2D eigenvalue weighted by molar-refractivity contribution is 0.629. The van der Waals surface area contributed by atoms with E-state index in [1.807, 2.05) is 0 Å². The van der Waals surface area contributed by atoms with E-state index in [-0.39, 0.29) is 44.4 Å². The summed E-state index contributed by atoms with van der Waals surface area (Å²) in [6.07, 6.45) is 2.93. The summed E-state index contributed by atoms with van der Waals surface area (Å²) in [7, 11) is 0. The number of halogens is 3. The number of nitrogens with one attached hydrogen (secondary N) is 2. The maximum atomic E-state index is 13.9. The molecular formula is C17H14Cl2FN9O. The number of aromatic nitrogens is 6. The smallest absolute Gasteiger partial charge is 0.266 e. The second-order valence-electron chi connectivity index (χ2n) is 6.35. The van der Waals surface area contributed by atoms with Crippen LogP contribution in [0.5, 0.6) is 0 Å². The second-order valence-corrected chi connectivity index (χ2v) is 7.13. The fourth-order valence-corrected chi connectivity index (χ4v) is 3.37. The van der Waals surface area contributed by atoms with Gasteiger partial charge in [-0.05, 0) is 19.1 Å². The molecule has 0 bridgehead atoms. The van der Waals surface area contributed by atoms with E-state index in [0.29, 0.717) is 5.69 Å². The predicted octanol–water partition coefficient (Wildman–Crippen LogP) is 2.68. The average Bonchev–Trinajstić information content (AvgIpc) is 3.20. The quantitative estimate of drug-likeness (QED) is 0.370. The Bertz CT molecular complexity index is 1320. The van der Waals surface area contributed by atoms with Crippen LogP contribution in [0.4, 0.5) is 22.0 Å². The van der Waals surface area contributed by atoms with Crippen molar-refractivity contribution in [2.24, 2.45) is 0 Å². The number of hydrogen-bond acceptors (Lipinski definition) is 8. The van der Waals surface area contributed by atoms with Crippen molar-refractivity contribution in [3.63, 3.8) is 0 Å². The molecule has 1 atom stereocenters. The van der Waals surface area contributed by atoms with E-state index in [9.17, 15) is 9.18 Å². The molecule has 0 radical (unpaired) electrons. The third-order valence-electron chi connectivity index (χ3n) is 4.29. The number of rotatable bonds is 4. The summed E-state index contributed by atoms with van der Waals surface area (Å²) >= 11 is 12.3. The van der Waals surface area contributed by atoms with E-state index in [1.165, 1.54) is 17.0 Å². The van der Waals surface area contributed by atoms with Gasteiger partial charge in [-0.25, -0.2) is 9.37 Å². The largest absolute Gasteiger partial charge is 0.382 e. The summed E-state index contributed by atoms with van der Waals surface area (Å²) < 4.78 is 15.2. The third kappa shape index (κ3) is 3.37. The molecule has 1 aromatic carbocycles. The summed E-state index contributed by atoms with van der Waals surface area (Å²) in [6, 6.07) is 1.53. The van der Waals surface area contributed by atoms with E-state index in [0.717, 1.165) is 12.1 Å². The molecule has 4 rings (SSSR count). The van der Waals surface area contributed by atoms with Gasteiger partial charge in [0.25, 0.3) is 5.56 Å². The van der Waals surface area contributed by atoms with Crippen LogP contribution >= 0.6 is 23.2 Å². The van der Waals surface area contributed by atoms with Crippen molar-refractivity contribution >= 4 is 51.7 Å². The molecule has 0 aliphatic carbocycles. The van der Waals surface area contributed by atoms with Crippen molar-refractivity contribution in [2.45, 2.75) is 13.0 Å². The van der Waals surface area contributed by atoms with Crippen LogP contribution in [-0.2, 0) is 0 Å². The number of fused-ring (bicyclic) bond motifs is 1. The fraction of sp³-hybridized carbons (Fsp3) is 0.118. The highest BCUT2D eigenvalue weighted by Gasteiger charge is 2.22. The first-order valence-corrected chi connectivity index (χ1v) is 9.27. The van der Waals surface area contributed by atoms with Crippen molar-refractivity contribution in [3.8, 4) is 5.69 Å². The highest BCUT2D eigenvalue weighted by atomic mass is 35.5. The Morgan fingerprint density at radius 3 is 2.70 bits per heavy atom. The Morgan fingerprint density at radius 1 is 1.23 bits per heavy atom. The standard InChI is InChI=1S/C17H14Cl2FN9O/c1-6(25-14-11(19)13(21)27-17(22)28-14)15-26-12-9(2-7(20)3-10(12)18)16(30)29(15)8-4-23-24-5-8/h2-6H,1H3,(H,23,24)(H5,21,22,25,27,28). The van der Waals surface area contributed by atoms with Gasteiger partial charge < -0.3 is 16.8 Å². The Hall–Kier alpha value is -3.44. The zero-order valence-electron chi connectivity index (χ0n) is 15.3. The summed E-state index contributed by atoms with van der Waals surface area (Å²) in [6.45, 7) is 1.71. The lowest BCUT2D eigenvalue weighted by Gasteiger charge is -2.20. The van der Waals surface area contributed by atoms with Crippen LogP contribution in [-0.4, -0.2) is 29.7 Å². The maximum absolute atomic E-state index is 13.9. The minimum Gasteiger partial charge on any atom is -0.382 e. The molecule has 3 heterocycles. The summed E-state index contributed by atoms with van der Waals surface area (Å²) in [5.41, 5.74) is 11.4. The molecule has 0 aliphatic heterocycles. The van der Waals surface area contributed by atoms with Crippen LogP contribution in [0.2, 0.25) is 10.0 Å². The van der Waals surface area contributed by atoms with E-state index in [4.69, 9.17) is 34.7 Å². The number of aromatic amines is 1. The van der Waals surface area contributed by atoms with Crippen LogP contribution in [0.3, 0.4) is 0 Å². The van der Waals surface area contributed by atoms with Gasteiger partial charge >= 0.3 is 0 Å². The molecular weight excluding hydrogens is 436 g/mol. The Labute approximate surface area is 178 Å². The van der Waals surface area contributed by atoms with E-state index < -0.39 is 17.4 Å². The normalized spacial score (nSPS) is 12.3. The molecule has 13 heteroatoms. The number of nitrogen functional groups attached to an aromatic ring is 2. The Balaban J connectivity index is 1.93. The molecule has 6 N–H and O–H groups in total. The van der Waals surface area contributed by atoms with Crippen LogP contribution in [0.15, 0.2) is 29.3 Å². The SMILES string of the molecule is CC(Nc1nc(N)nc(N)c1Cl)c1nc2c(Cl)cc(F)cc2c(=O)n1-c1cn[nH]c1. The average molecular weight is 450 g/mol. The summed E-state index contributed by atoms with van der Waals surface area (Å²) in [4.78, 5) is 25.6. The van der Waals surface area contributed by atoms with Crippen molar-refractivity contribution < 1.29 is 4.39 Å². The van der Waals surface area contributed by atoms with Crippen LogP contribution in [0, 0.1) is 5.82 Å². The van der Waals surface area contributed by atoms with E-state index >= 15 is 0 Å². The fourth-order valence-electron chi connectivity index (χ4n) is 2.99. The van der Waals surface area contributed by atoms with Gasteiger partial charge in [0, 0.05) is 6.20 Å². The molecule has 4 aromatic rings. The number of nitrogens with zero attached hydrogens (tertiary/aromatic N) is 5. The molecule has 0 amide bonds. The lowest BCUT2D eigenvalue weighted by Crippen LogP contribution is -2.27. The van der Waals surface area contributed by atoms with Gasteiger partial charge in [0.2, 0.25) is 5.95 Å². The first kappa shape index (κ1) is 19.9. The van der Waals surface area contributed by atoms with Gasteiger partial charge in [-0.15, -0.1) is 0 Å². The highest BCUT2D eigenvalue weighted by Crippen LogP contribution is 2.30. The van der Waals surface area contributed by atoms with Crippen LogP contribution in [0.25, 0.3) is 16.6 Å². The molecule has 30 heavy (non-hydrogen) atoms. The van der Waals surface area contributed by atoms with Crippen LogP contribution < -0.4 is 22.3 Å². The zero-order valence-corrected chi connectivity index (χ0v) is 16.8. The number of hydrogen-bond donors (Lipinski definition) is 4. The molecule has 0 saturated heterocycles. The Morgan fingerprint density at radius 2 is 2.00 bits per heavy atom. The summed E-state index contributed by atoms with van der Waals surface area (Å²) in [5, 5.41) is 9.61. The van der Waals surface area contributed by atoms with Crippen molar-refractivity contribution in [3.05, 3.63) is 56.6 Å². The van der Waals surface area contributed by atoms with Crippen LogP contribution in [0.1, 0.15) is 18.8 Å². The molecule has 0 spiro atoms. The first-order valence-electron chi connectivity index (χ1n) is 8.52. The molecule has 1 unspecified atom stereocenters. The number of benzene rings is 1. The number of nitrogens with two attached hydrogens (primary N) is 2. The van der Waals surface area contributed by atoms with Gasteiger partial charge in [0.15, 0.2) is 5.82 Å². The van der Waals surface area contributed by atoms with Gasteiger partial charge in [0.1, 0.15) is 22.5 Å². The number of anilines is 3. The van der Waals surface area contributed by atoms with Crippen molar-refractivity contribution in [1.82, 2.24) is 29.7 Å². The maximum Gasteiger partial charge on any atom is 0.266 e. The monoisotopic (exact) mass is 449 g/mol. The predicted molar refractivity (Wildman–Crippen MR) is 112 cm³/mol. The molecule has 3 aromatic heterocycles. The molecule has 0 aliphatic rings. The molecule has 0 saturated carbocycles. The summed E-state index contributed by atoms with van der Waals surface area (Å²) in [5.74, 6) is -0.329. The van der Waals surface area contributed by atoms with Gasteiger partial charge in [-0.2, -0.15) is 15.1 Å². The highest BCUT2D eigenvalue weighted by molar-refractivity contribution is 6.35. The molecule has 10 nitrogen and oxygen atoms in total. The molecule has 0 fully saturated rings. The second kappa shape index (κ2) is 7.43. The molecule has 154 valence electrons. The van der Waals surface area contributed by atoms with E-state index in [2.05, 4.69) is 30.5 Å². The van der Waals surface area contributed by atoms with Gasteiger partial charge in [-0.3, -0.25) is 14.5 Å². The van der Waals surface area contributed by atoms with Gasteiger partial charge in [-0.1, -0.05) is 23.2 Å². The lowest BCUT2D eigenvalue weighted by atomic mass is 10.2. The zero-order chi connectivity index (χ0) is 21.6. The van der Waals surface area contributed by atoms with Crippen molar-refractivity contribution in [1.29, 1.82) is 0 Å². The van der Waals surface area contributed by atoms with Crippen molar-refractivity contribution in [2.75, 3.05) is 16.8 Å². The Kier molecular flexibility index (Phi) is 4.92. The van der Waals surface area contributed by atoms with Gasteiger partial charge in [0.05, 0.1) is 33.9 Å². The third-order valence-corrected chi connectivity index (χ3v) is 4.95. The van der Waals surface area contributed by atoms with E-state index in [1.54, 1.807) is 6.92 Å². The number of H-pyrrole nitrogens is 1. The topological polar surface area (TPSA) is 153 Å².